The average Bonchev–Trinajstić information content (AvgIpc) is 2.99. The summed E-state index contributed by atoms with van der Waals surface area (Å²) >= 11 is 0. The maximum atomic E-state index is 14.1. The second-order valence-electron chi connectivity index (χ2n) is 14.7. The molecule has 280 valence electrons. The van der Waals surface area contributed by atoms with Gasteiger partial charge in [-0.05, 0) is 105 Å². The number of hydrogen-bond donors (Lipinski definition) is 2. The van der Waals surface area contributed by atoms with Gasteiger partial charge in [0.25, 0.3) is 0 Å². The molecule has 4 rings (SSSR count). The van der Waals surface area contributed by atoms with Crippen LogP contribution in [0.25, 0.3) is 10.6 Å². The van der Waals surface area contributed by atoms with Gasteiger partial charge in [0.05, 0.1) is 11.5 Å². The van der Waals surface area contributed by atoms with Crippen LogP contribution in [0.2, 0.25) is 0 Å². The van der Waals surface area contributed by atoms with E-state index < -0.39 is 12.1 Å². The smallest absolute Gasteiger partial charge is 0.653 e. The summed E-state index contributed by atoms with van der Waals surface area (Å²) in [7, 11) is 0. The molecule has 2 N–H and O–H groups in total. The molecule has 0 amide bonds. The van der Waals surface area contributed by atoms with E-state index in [4.69, 9.17) is 10.6 Å². The molecule has 0 aromatic heterocycles. The number of nitrogens with zero attached hydrogens (tertiary/aromatic N) is 2. The van der Waals surface area contributed by atoms with Crippen molar-refractivity contribution in [1.29, 1.82) is 0 Å². The molecule has 0 radical (unpaired) electrons. The Balaban J connectivity index is 0.00000756. The number of hydrogen-bond acceptors (Lipinski definition) is 4. The van der Waals surface area contributed by atoms with Gasteiger partial charge >= 0.3 is 16.8 Å². The Morgan fingerprint density at radius 1 is 0.472 bits per heavy atom. The van der Waals surface area contributed by atoms with Gasteiger partial charge < -0.3 is 20.8 Å². The van der Waals surface area contributed by atoms with Crippen molar-refractivity contribution in [2.24, 2.45) is 0 Å². The van der Waals surface area contributed by atoms with Gasteiger partial charge in [0.1, 0.15) is 0 Å². The number of benzene rings is 4. The SMILES string of the molecule is C/C(O)=C(/C[N-][C@@H](c1cc(C)cc(C)c1)[C@@H]([N-]C/C(C(=O)c1c(C)cc(C)cc1C)=C(/C)O)c1cc(C)cc(C)c1)C(=O)c1c(C)cc(C)cc1C.[Co+3]. The van der Waals surface area contributed by atoms with Crippen LogP contribution < -0.4 is 0 Å². The Bertz CT molecular complexity index is 1850. The minimum absolute atomic E-state index is 0. The van der Waals surface area contributed by atoms with E-state index in [2.05, 4.69) is 36.4 Å². The fraction of sp³-hybridized carbons (Fsp3) is 0.348. The average molecular weight is 758 g/mol. The van der Waals surface area contributed by atoms with E-state index in [0.29, 0.717) is 11.1 Å². The predicted octanol–water partition coefficient (Wildman–Crippen LogP) is 11.7. The number of aliphatic hydroxyl groups is 2. The Morgan fingerprint density at radius 3 is 0.962 bits per heavy atom. The number of carbonyl (C=O) groups excluding carboxylic acids is 2. The Hall–Kier alpha value is -4.27. The zero-order valence-electron chi connectivity index (χ0n) is 33.3. The van der Waals surface area contributed by atoms with Crippen molar-refractivity contribution in [1.82, 2.24) is 0 Å². The van der Waals surface area contributed by atoms with Gasteiger partial charge in [0, 0.05) is 22.3 Å². The topological polar surface area (TPSA) is 103 Å². The summed E-state index contributed by atoms with van der Waals surface area (Å²) in [6.45, 7) is 22.7. The summed E-state index contributed by atoms with van der Waals surface area (Å²) in [5.74, 6) is -0.674. The number of carbonyl (C=O) groups is 2. The number of Topliss-reactive ketones (excluding diaryl/α,β-unsaturated/α-hetero) is 2. The fourth-order valence-corrected chi connectivity index (χ4v) is 7.59. The van der Waals surface area contributed by atoms with Crippen LogP contribution in [0.15, 0.2) is 83.3 Å². The maximum Gasteiger partial charge on any atom is 3.00 e. The van der Waals surface area contributed by atoms with E-state index in [1.54, 1.807) is 0 Å². The van der Waals surface area contributed by atoms with Crippen molar-refractivity contribution in [2.45, 2.75) is 95.2 Å². The quantitative estimate of drug-likeness (QED) is 0.0805. The Kier molecular flexibility index (Phi) is 14.8. The second kappa shape index (κ2) is 18.2. The van der Waals surface area contributed by atoms with Gasteiger partial charge in [0.2, 0.25) is 0 Å². The molecule has 0 saturated heterocycles. The van der Waals surface area contributed by atoms with E-state index in [1.807, 2.05) is 93.5 Å². The van der Waals surface area contributed by atoms with Crippen molar-refractivity contribution >= 4 is 11.6 Å². The van der Waals surface area contributed by atoms with Gasteiger partial charge in [-0.3, -0.25) is 9.59 Å². The van der Waals surface area contributed by atoms with Gasteiger partial charge in [-0.1, -0.05) is 105 Å². The molecule has 0 heterocycles. The molecule has 0 fully saturated rings. The first-order valence-corrected chi connectivity index (χ1v) is 17.9. The maximum absolute atomic E-state index is 14.1. The second-order valence-corrected chi connectivity index (χ2v) is 14.7. The molecule has 2 atom stereocenters. The summed E-state index contributed by atoms with van der Waals surface area (Å²) in [5.41, 5.74) is 13.1. The molecule has 53 heavy (non-hydrogen) atoms. The monoisotopic (exact) mass is 757 g/mol. The van der Waals surface area contributed by atoms with E-state index >= 15 is 0 Å². The van der Waals surface area contributed by atoms with Crippen LogP contribution >= 0.6 is 0 Å². The summed E-state index contributed by atoms with van der Waals surface area (Å²) < 4.78 is 0. The van der Waals surface area contributed by atoms with Crippen LogP contribution in [0.3, 0.4) is 0 Å². The molecule has 0 aliphatic heterocycles. The molecular weight excluding hydrogens is 703 g/mol. The molecule has 4 aromatic carbocycles. The molecule has 0 spiro atoms. The molecule has 0 aliphatic rings. The first kappa shape index (κ1) is 43.1. The van der Waals surface area contributed by atoms with Crippen molar-refractivity contribution in [3.05, 3.63) is 172 Å². The van der Waals surface area contributed by atoms with Crippen LogP contribution in [0.4, 0.5) is 0 Å². The number of allylic oxidation sites excluding steroid dienone is 2. The third kappa shape index (κ3) is 10.4. The standard InChI is InChI=1S/C46H54N2O4.Co/c1-25-13-26(2)20-37(19-25)43(47-23-39(35(11)49)45(51)41-31(7)15-29(5)16-32(41)8)44(38-21-27(3)14-28(4)22-38)48-24-40(36(12)50)46(52)42-33(9)17-30(6)18-34(42)10;/h13-22,43-44,49-50H,23-24H2,1-12H3;/q-2;+3/b39-35+,40-36+;/t43-,44-;/m0./s1. The fourth-order valence-electron chi connectivity index (χ4n) is 7.59. The molecular formula is C46H54CoN2O4+. The normalized spacial score (nSPS) is 13.4. The molecule has 4 aromatic rings. The predicted molar refractivity (Wildman–Crippen MR) is 214 cm³/mol. The van der Waals surface area contributed by atoms with E-state index in [0.717, 1.165) is 66.8 Å². The minimum Gasteiger partial charge on any atom is -0.653 e. The molecule has 7 heteroatoms. The number of rotatable bonds is 13. The van der Waals surface area contributed by atoms with Crippen LogP contribution in [-0.4, -0.2) is 34.9 Å². The zero-order valence-corrected chi connectivity index (χ0v) is 34.3. The van der Waals surface area contributed by atoms with Crippen molar-refractivity contribution in [3.8, 4) is 0 Å². The van der Waals surface area contributed by atoms with Gasteiger partial charge in [0.15, 0.2) is 11.6 Å². The van der Waals surface area contributed by atoms with E-state index in [-0.39, 0.29) is 64.1 Å². The first-order valence-electron chi connectivity index (χ1n) is 17.9. The largest absolute Gasteiger partial charge is 3.00 e. The number of aliphatic hydroxyl groups excluding tert-OH is 2. The molecule has 0 aliphatic carbocycles. The van der Waals surface area contributed by atoms with Gasteiger partial charge in [-0.2, -0.15) is 0 Å². The van der Waals surface area contributed by atoms with E-state index in [1.165, 1.54) is 13.8 Å². The van der Waals surface area contributed by atoms with Crippen molar-refractivity contribution < 1.29 is 36.6 Å². The third-order valence-corrected chi connectivity index (χ3v) is 9.59. The molecule has 0 bridgehead atoms. The van der Waals surface area contributed by atoms with Crippen LogP contribution in [0.5, 0.6) is 0 Å². The van der Waals surface area contributed by atoms with Gasteiger partial charge in [-0.25, -0.2) is 0 Å². The Morgan fingerprint density at radius 2 is 0.717 bits per heavy atom. The van der Waals surface area contributed by atoms with E-state index in [9.17, 15) is 19.8 Å². The molecule has 0 saturated carbocycles. The zero-order chi connectivity index (χ0) is 38.6. The van der Waals surface area contributed by atoms with Crippen LogP contribution in [0, 0.1) is 69.2 Å². The van der Waals surface area contributed by atoms with Crippen LogP contribution in [0.1, 0.15) is 113 Å². The van der Waals surface area contributed by atoms with Crippen LogP contribution in [-0.2, 0) is 16.8 Å². The molecule has 0 unspecified atom stereocenters. The van der Waals surface area contributed by atoms with Crippen molar-refractivity contribution in [3.63, 3.8) is 0 Å². The summed E-state index contributed by atoms with van der Waals surface area (Å²) in [4.78, 5) is 28.3. The number of aryl methyl sites for hydroxylation is 10. The molecule has 6 nitrogen and oxygen atoms in total. The van der Waals surface area contributed by atoms with Gasteiger partial charge in [-0.15, -0.1) is 25.2 Å². The number of ketones is 2. The minimum atomic E-state index is -0.597. The summed E-state index contributed by atoms with van der Waals surface area (Å²) in [6, 6.07) is 19.2. The summed E-state index contributed by atoms with van der Waals surface area (Å²) in [5, 5.41) is 32.4. The van der Waals surface area contributed by atoms with Crippen molar-refractivity contribution in [2.75, 3.05) is 13.1 Å². The third-order valence-electron chi connectivity index (χ3n) is 9.59. The summed E-state index contributed by atoms with van der Waals surface area (Å²) in [6.07, 6.45) is 0. The first-order chi connectivity index (χ1) is 24.4. The Labute approximate surface area is 327 Å².